The van der Waals surface area contributed by atoms with Crippen molar-refractivity contribution >= 4 is 18.3 Å². The van der Waals surface area contributed by atoms with E-state index in [1.165, 1.54) is 0 Å². The van der Waals surface area contributed by atoms with Gasteiger partial charge in [-0.25, -0.2) is 0 Å². The smallest absolute Gasteiger partial charge is 0.224 e. The number of halogens is 1. The van der Waals surface area contributed by atoms with Gasteiger partial charge in [-0.05, 0) is 20.8 Å². The van der Waals surface area contributed by atoms with Gasteiger partial charge in [-0.2, -0.15) is 5.10 Å². The van der Waals surface area contributed by atoms with Crippen molar-refractivity contribution in [3.63, 3.8) is 0 Å². The molecule has 1 atom stereocenters. The molecule has 0 bridgehead atoms. The highest BCUT2D eigenvalue weighted by Gasteiger charge is 2.23. The van der Waals surface area contributed by atoms with Gasteiger partial charge in [-0.15, -0.1) is 12.4 Å². The van der Waals surface area contributed by atoms with Gasteiger partial charge in [0.15, 0.2) is 0 Å². The van der Waals surface area contributed by atoms with Gasteiger partial charge in [0.1, 0.15) is 0 Å². The van der Waals surface area contributed by atoms with E-state index in [9.17, 15) is 4.79 Å². The summed E-state index contributed by atoms with van der Waals surface area (Å²) in [5.74, 6) is 0.123. The highest BCUT2D eigenvalue weighted by molar-refractivity contribution is 5.85. The van der Waals surface area contributed by atoms with E-state index in [-0.39, 0.29) is 24.4 Å². The highest BCUT2D eigenvalue weighted by Crippen LogP contribution is 2.17. The summed E-state index contributed by atoms with van der Waals surface area (Å²) in [6.07, 6.45) is 0.448. The molecular formula is C17H31ClN4O3. The molecule has 1 unspecified atom stereocenters. The molecule has 2 heterocycles. The summed E-state index contributed by atoms with van der Waals surface area (Å²) >= 11 is 0. The van der Waals surface area contributed by atoms with Crippen molar-refractivity contribution in [2.75, 3.05) is 40.0 Å². The zero-order chi connectivity index (χ0) is 17.5. The molecule has 1 aliphatic rings. The molecule has 8 heteroatoms. The number of nitrogens with one attached hydrogen (secondary N) is 1. The van der Waals surface area contributed by atoms with Crippen LogP contribution in [0.15, 0.2) is 0 Å². The van der Waals surface area contributed by atoms with Gasteiger partial charge in [0.05, 0.1) is 25.5 Å². The predicted octanol–water partition coefficient (Wildman–Crippen LogP) is 1.30. The molecule has 25 heavy (non-hydrogen) atoms. The van der Waals surface area contributed by atoms with Crippen molar-refractivity contribution in [1.82, 2.24) is 20.0 Å². The Morgan fingerprint density at radius 1 is 1.48 bits per heavy atom. The van der Waals surface area contributed by atoms with Crippen LogP contribution in [0, 0.1) is 13.8 Å². The monoisotopic (exact) mass is 374 g/mol. The third kappa shape index (κ3) is 5.95. The first-order valence-electron chi connectivity index (χ1n) is 8.67. The van der Waals surface area contributed by atoms with Crippen molar-refractivity contribution in [2.45, 2.75) is 46.3 Å². The lowest BCUT2D eigenvalue weighted by Crippen LogP contribution is -2.45. The van der Waals surface area contributed by atoms with Gasteiger partial charge in [-0.1, -0.05) is 0 Å². The molecule has 1 aliphatic heterocycles. The second-order valence-corrected chi connectivity index (χ2v) is 6.20. The molecular weight excluding hydrogens is 344 g/mol. The van der Waals surface area contributed by atoms with E-state index in [2.05, 4.69) is 24.3 Å². The van der Waals surface area contributed by atoms with E-state index in [1.54, 1.807) is 7.11 Å². The van der Waals surface area contributed by atoms with Gasteiger partial charge in [0.2, 0.25) is 5.91 Å². The number of ether oxygens (including phenoxy) is 2. The van der Waals surface area contributed by atoms with Crippen molar-refractivity contribution < 1.29 is 14.3 Å². The topological polar surface area (TPSA) is 68.6 Å². The number of carbonyl (C=O) groups excluding carboxylic acids is 1. The number of hydrogen-bond acceptors (Lipinski definition) is 5. The first kappa shape index (κ1) is 21.9. The molecule has 144 valence electrons. The number of methoxy groups -OCH3 is 1. The number of aromatic nitrogens is 2. The van der Waals surface area contributed by atoms with Gasteiger partial charge >= 0.3 is 0 Å². The Hall–Kier alpha value is -1.15. The van der Waals surface area contributed by atoms with E-state index in [0.29, 0.717) is 39.3 Å². The Morgan fingerprint density at radius 3 is 2.80 bits per heavy atom. The lowest BCUT2D eigenvalue weighted by Gasteiger charge is -2.28. The fourth-order valence-corrected chi connectivity index (χ4v) is 3.05. The van der Waals surface area contributed by atoms with Crippen LogP contribution in [0.3, 0.4) is 0 Å². The second kappa shape index (κ2) is 10.8. The highest BCUT2D eigenvalue weighted by atomic mass is 35.5. The van der Waals surface area contributed by atoms with Crippen LogP contribution in [-0.2, 0) is 27.4 Å². The molecule has 1 fully saturated rings. The third-order valence-corrected chi connectivity index (χ3v) is 4.52. The molecule has 0 spiro atoms. The summed E-state index contributed by atoms with van der Waals surface area (Å²) in [6.45, 7) is 10.8. The van der Waals surface area contributed by atoms with Crippen molar-refractivity contribution in [3.05, 3.63) is 17.0 Å². The molecule has 2 rings (SSSR count). The Balaban J connectivity index is 0.00000312. The van der Waals surface area contributed by atoms with E-state index in [1.807, 2.05) is 16.5 Å². The van der Waals surface area contributed by atoms with Crippen LogP contribution in [0.5, 0.6) is 0 Å². The molecule has 0 saturated carbocycles. The minimum Gasteiger partial charge on any atom is -0.383 e. The van der Waals surface area contributed by atoms with E-state index in [0.717, 1.165) is 30.0 Å². The predicted molar refractivity (Wildman–Crippen MR) is 99.1 cm³/mol. The molecule has 0 aliphatic carbocycles. The number of hydrogen-bond donors (Lipinski definition) is 1. The molecule has 1 aromatic heterocycles. The third-order valence-electron chi connectivity index (χ3n) is 4.52. The van der Waals surface area contributed by atoms with Gasteiger partial charge in [0.25, 0.3) is 0 Å². The van der Waals surface area contributed by atoms with Crippen LogP contribution in [0.2, 0.25) is 0 Å². The van der Waals surface area contributed by atoms with Crippen LogP contribution < -0.4 is 5.32 Å². The molecule has 1 amide bonds. The van der Waals surface area contributed by atoms with E-state index in [4.69, 9.17) is 9.47 Å². The Bertz CT molecular complexity index is 544. The standard InChI is InChI=1S/C17H30N4O3.ClH/c1-5-21-14(3)16(13(2)19-21)11-20(7-9-23-4)17(22)10-15-12-24-8-6-18-15;/h15,18H,5-12H2,1-4H3;1H. The fourth-order valence-electron chi connectivity index (χ4n) is 3.05. The molecule has 7 nitrogen and oxygen atoms in total. The lowest BCUT2D eigenvalue weighted by atomic mass is 10.1. The summed E-state index contributed by atoms with van der Waals surface area (Å²) in [6, 6.07) is 0.0943. The average molecular weight is 375 g/mol. The Kier molecular flexibility index (Phi) is 9.42. The first-order valence-corrected chi connectivity index (χ1v) is 8.67. The fraction of sp³-hybridized carbons (Fsp3) is 0.765. The zero-order valence-corrected chi connectivity index (χ0v) is 16.5. The van der Waals surface area contributed by atoms with Crippen LogP contribution >= 0.6 is 12.4 Å². The number of aryl methyl sites for hydroxylation is 2. The summed E-state index contributed by atoms with van der Waals surface area (Å²) in [7, 11) is 1.66. The normalized spacial score (nSPS) is 17.2. The molecule has 1 aromatic rings. The quantitative estimate of drug-likeness (QED) is 0.742. The molecule has 0 aromatic carbocycles. The molecule has 1 saturated heterocycles. The van der Waals surface area contributed by atoms with Crippen LogP contribution in [0.25, 0.3) is 0 Å². The Morgan fingerprint density at radius 2 is 2.24 bits per heavy atom. The van der Waals surface area contributed by atoms with E-state index < -0.39 is 0 Å². The largest absolute Gasteiger partial charge is 0.383 e. The van der Waals surface area contributed by atoms with Gasteiger partial charge in [-0.3, -0.25) is 9.48 Å². The zero-order valence-electron chi connectivity index (χ0n) is 15.7. The number of morpholine rings is 1. The minimum atomic E-state index is 0. The summed E-state index contributed by atoms with van der Waals surface area (Å²) in [5, 5.41) is 7.89. The van der Waals surface area contributed by atoms with Gasteiger partial charge < -0.3 is 19.7 Å². The summed E-state index contributed by atoms with van der Waals surface area (Å²) in [4.78, 5) is 14.6. The molecule has 0 radical (unpaired) electrons. The number of carbonyl (C=O) groups is 1. The van der Waals surface area contributed by atoms with Crippen LogP contribution in [-0.4, -0.2) is 66.6 Å². The van der Waals surface area contributed by atoms with Crippen LogP contribution in [0.1, 0.15) is 30.3 Å². The van der Waals surface area contributed by atoms with Crippen molar-refractivity contribution in [2.24, 2.45) is 0 Å². The molecule has 1 N–H and O–H groups in total. The maximum Gasteiger partial charge on any atom is 0.224 e. The maximum atomic E-state index is 12.8. The van der Waals surface area contributed by atoms with Crippen molar-refractivity contribution in [3.8, 4) is 0 Å². The maximum absolute atomic E-state index is 12.8. The number of nitrogens with zero attached hydrogens (tertiary/aromatic N) is 3. The number of amides is 1. The lowest BCUT2D eigenvalue weighted by molar-refractivity contribution is -0.133. The SMILES string of the molecule is CCn1nc(C)c(CN(CCOC)C(=O)CC2COCCN2)c1C.Cl. The first-order chi connectivity index (χ1) is 11.6. The second-order valence-electron chi connectivity index (χ2n) is 6.20. The van der Waals surface area contributed by atoms with Crippen molar-refractivity contribution in [1.29, 1.82) is 0 Å². The van der Waals surface area contributed by atoms with Crippen LogP contribution in [0.4, 0.5) is 0 Å². The van der Waals surface area contributed by atoms with Gasteiger partial charge in [0, 0.05) is 57.0 Å². The average Bonchev–Trinajstić information content (AvgIpc) is 2.86. The van der Waals surface area contributed by atoms with E-state index >= 15 is 0 Å². The minimum absolute atomic E-state index is 0. The Labute approximate surface area is 156 Å². The summed E-state index contributed by atoms with van der Waals surface area (Å²) < 4.78 is 12.6. The summed E-state index contributed by atoms with van der Waals surface area (Å²) in [5.41, 5.74) is 3.25. The number of rotatable bonds is 8.